The van der Waals surface area contributed by atoms with Gasteiger partial charge in [0.15, 0.2) is 0 Å². The molecular formula is C14H8N4O. The molecule has 5 nitrogen and oxygen atoms in total. The number of carbonyl (C=O) groups excluding carboxylic acids is 1. The van der Waals surface area contributed by atoms with E-state index in [-0.39, 0.29) is 11.1 Å². The number of aromatic nitrogens is 1. The molecule has 0 saturated carbocycles. The lowest BCUT2D eigenvalue weighted by molar-refractivity contribution is 0.102. The zero-order valence-corrected chi connectivity index (χ0v) is 9.79. The second kappa shape index (κ2) is 5.44. The first-order valence-corrected chi connectivity index (χ1v) is 5.41. The average Bonchev–Trinajstić information content (AvgIpc) is 2.47. The summed E-state index contributed by atoms with van der Waals surface area (Å²) >= 11 is 0. The van der Waals surface area contributed by atoms with Crippen molar-refractivity contribution in [1.29, 1.82) is 10.5 Å². The van der Waals surface area contributed by atoms with Crippen LogP contribution in [0, 0.1) is 22.7 Å². The fraction of sp³-hybridized carbons (Fsp3) is 0. The average molecular weight is 248 g/mol. The quantitative estimate of drug-likeness (QED) is 0.880. The van der Waals surface area contributed by atoms with E-state index >= 15 is 0 Å². The van der Waals surface area contributed by atoms with E-state index in [1.54, 1.807) is 24.3 Å². The number of hydrogen-bond donors (Lipinski definition) is 1. The highest BCUT2D eigenvalue weighted by Gasteiger charge is 2.12. The van der Waals surface area contributed by atoms with Crippen LogP contribution in [0.4, 0.5) is 5.69 Å². The van der Waals surface area contributed by atoms with Gasteiger partial charge in [-0.3, -0.25) is 9.78 Å². The summed E-state index contributed by atoms with van der Waals surface area (Å²) in [5, 5.41) is 20.5. The molecule has 19 heavy (non-hydrogen) atoms. The Labute approximate surface area is 109 Å². The van der Waals surface area contributed by atoms with Crippen LogP contribution in [0.5, 0.6) is 0 Å². The smallest absolute Gasteiger partial charge is 0.258 e. The minimum atomic E-state index is -0.465. The van der Waals surface area contributed by atoms with Crippen LogP contribution < -0.4 is 5.32 Å². The summed E-state index contributed by atoms with van der Waals surface area (Å²) in [6.07, 6.45) is 2.77. The molecular weight excluding hydrogens is 240 g/mol. The molecule has 0 saturated heterocycles. The number of pyridine rings is 1. The molecule has 0 aliphatic rings. The number of nitrogens with one attached hydrogen (secondary N) is 1. The maximum Gasteiger partial charge on any atom is 0.258 e. The van der Waals surface area contributed by atoms with Crippen LogP contribution >= 0.6 is 0 Å². The molecule has 0 fully saturated rings. The summed E-state index contributed by atoms with van der Waals surface area (Å²) in [4.78, 5) is 15.9. The van der Waals surface area contributed by atoms with Crippen molar-refractivity contribution >= 4 is 11.6 Å². The van der Waals surface area contributed by atoms with Gasteiger partial charge in [-0.05, 0) is 18.2 Å². The summed E-state index contributed by atoms with van der Waals surface area (Å²) < 4.78 is 0. The normalized spacial score (nSPS) is 9.16. The Balaban J connectivity index is 2.32. The second-order valence-electron chi connectivity index (χ2n) is 3.64. The van der Waals surface area contributed by atoms with Gasteiger partial charge < -0.3 is 5.32 Å². The third kappa shape index (κ3) is 2.56. The topological polar surface area (TPSA) is 89.6 Å². The van der Waals surface area contributed by atoms with Gasteiger partial charge in [0.2, 0.25) is 0 Å². The highest BCUT2D eigenvalue weighted by Crippen LogP contribution is 2.15. The monoisotopic (exact) mass is 248 g/mol. The van der Waals surface area contributed by atoms with Crippen LogP contribution in [0.2, 0.25) is 0 Å². The van der Waals surface area contributed by atoms with Crippen molar-refractivity contribution in [3.05, 3.63) is 59.4 Å². The summed E-state index contributed by atoms with van der Waals surface area (Å²) in [7, 11) is 0. The molecule has 0 unspecified atom stereocenters. The van der Waals surface area contributed by atoms with Crippen LogP contribution in [0.3, 0.4) is 0 Å². The van der Waals surface area contributed by atoms with Crippen molar-refractivity contribution < 1.29 is 4.79 Å². The van der Waals surface area contributed by atoms with Gasteiger partial charge in [0.1, 0.15) is 12.1 Å². The summed E-state index contributed by atoms with van der Waals surface area (Å²) in [5.41, 5.74) is 1.18. The number of nitriles is 2. The number of nitrogens with zero attached hydrogens (tertiary/aromatic N) is 3. The highest BCUT2D eigenvalue weighted by molar-refractivity contribution is 6.06. The number of benzene rings is 1. The summed E-state index contributed by atoms with van der Waals surface area (Å²) in [6, 6.07) is 12.0. The first-order valence-electron chi connectivity index (χ1n) is 5.41. The molecule has 2 aromatic rings. The fourth-order valence-electron chi connectivity index (χ4n) is 1.55. The van der Waals surface area contributed by atoms with Crippen molar-refractivity contribution in [2.24, 2.45) is 0 Å². The minimum Gasteiger partial charge on any atom is -0.321 e. The lowest BCUT2D eigenvalue weighted by atomic mass is 10.1. The van der Waals surface area contributed by atoms with Crippen LogP contribution in [0.25, 0.3) is 0 Å². The minimum absolute atomic E-state index is 0.178. The van der Waals surface area contributed by atoms with Gasteiger partial charge in [0.05, 0.1) is 22.4 Å². The van der Waals surface area contributed by atoms with Gasteiger partial charge in [-0.1, -0.05) is 12.1 Å². The number of carbonyl (C=O) groups is 1. The van der Waals surface area contributed by atoms with Gasteiger partial charge in [-0.25, -0.2) is 0 Å². The van der Waals surface area contributed by atoms with E-state index in [1.165, 1.54) is 18.5 Å². The predicted molar refractivity (Wildman–Crippen MR) is 68.1 cm³/mol. The zero-order chi connectivity index (χ0) is 13.7. The molecule has 0 radical (unpaired) electrons. The molecule has 0 atom stereocenters. The van der Waals surface area contributed by atoms with E-state index in [0.717, 1.165) is 0 Å². The lowest BCUT2D eigenvalue weighted by Crippen LogP contribution is -2.14. The second-order valence-corrected chi connectivity index (χ2v) is 3.64. The molecule has 1 heterocycles. The molecule has 0 spiro atoms. The Morgan fingerprint density at radius 1 is 1.11 bits per heavy atom. The number of rotatable bonds is 2. The van der Waals surface area contributed by atoms with Crippen LogP contribution in [0.1, 0.15) is 21.5 Å². The number of hydrogen-bond acceptors (Lipinski definition) is 4. The van der Waals surface area contributed by atoms with Crippen molar-refractivity contribution in [1.82, 2.24) is 4.98 Å². The van der Waals surface area contributed by atoms with Crippen molar-refractivity contribution in [2.75, 3.05) is 5.32 Å². The predicted octanol–water partition coefficient (Wildman–Crippen LogP) is 2.08. The Morgan fingerprint density at radius 3 is 2.58 bits per heavy atom. The maximum absolute atomic E-state index is 12.1. The zero-order valence-electron chi connectivity index (χ0n) is 9.79. The molecule has 0 bridgehead atoms. The standard InChI is InChI=1S/C14H8N4O/c15-7-10-5-6-17-9-12(10)14(19)18-13-4-2-1-3-11(13)8-16/h1-6,9H,(H,18,19). The van der Waals surface area contributed by atoms with Gasteiger partial charge >= 0.3 is 0 Å². The Bertz CT molecular complexity index is 710. The molecule has 90 valence electrons. The first kappa shape index (κ1) is 12.3. The third-order valence-electron chi connectivity index (χ3n) is 2.48. The van der Waals surface area contributed by atoms with E-state index < -0.39 is 5.91 Å². The Kier molecular flexibility index (Phi) is 3.51. The summed E-state index contributed by atoms with van der Waals surface area (Å²) in [5.74, 6) is -0.465. The van der Waals surface area contributed by atoms with Crippen molar-refractivity contribution in [3.8, 4) is 12.1 Å². The van der Waals surface area contributed by atoms with Crippen molar-refractivity contribution in [3.63, 3.8) is 0 Å². The molecule has 1 aromatic carbocycles. The van der Waals surface area contributed by atoms with Crippen LogP contribution in [0.15, 0.2) is 42.7 Å². The third-order valence-corrected chi connectivity index (χ3v) is 2.48. The summed E-state index contributed by atoms with van der Waals surface area (Å²) in [6.45, 7) is 0. The van der Waals surface area contributed by atoms with E-state index in [1.807, 2.05) is 12.1 Å². The molecule has 1 amide bonds. The fourth-order valence-corrected chi connectivity index (χ4v) is 1.55. The van der Waals surface area contributed by atoms with Crippen LogP contribution in [-0.2, 0) is 0 Å². The Hall–Kier alpha value is -3.18. The molecule has 0 aliphatic carbocycles. The van der Waals surface area contributed by atoms with E-state index in [4.69, 9.17) is 10.5 Å². The van der Waals surface area contributed by atoms with Gasteiger partial charge in [0, 0.05) is 12.4 Å². The van der Waals surface area contributed by atoms with Crippen molar-refractivity contribution in [2.45, 2.75) is 0 Å². The van der Waals surface area contributed by atoms with Gasteiger partial charge in [0.25, 0.3) is 5.91 Å². The maximum atomic E-state index is 12.1. The number of para-hydroxylation sites is 1. The lowest BCUT2D eigenvalue weighted by Gasteiger charge is -2.07. The molecule has 1 N–H and O–H groups in total. The molecule has 5 heteroatoms. The van der Waals surface area contributed by atoms with Gasteiger partial charge in [-0.2, -0.15) is 10.5 Å². The molecule has 0 aliphatic heterocycles. The Morgan fingerprint density at radius 2 is 1.84 bits per heavy atom. The largest absolute Gasteiger partial charge is 0.321 e. The van der Waals surface area contributed by atoms with E-state index in [0.29, 0.717) is 11.3 Å². The van der Waals surface area contributed by atoms with Crippen LogP contribution in [-0.4, -0.2) is 10.9 Å². The SMILES string of the molecule is N#Cc1ccccc1NC(=O)c1cnccc1C#N. The first-order chi connectivity index (χ1) is 9.26. The van der Waals surface area contributed by atoms with Gasteiger partial charge in [-0.15, -0.1) is 0 Å². The van der Waals surface area contributed by atoms with E-state index in [2.05, 4.69) is 10.3 Å². The molecule has 1 aromatic heterocycles. The van der Waals surface area contributed by atoms with E-state index in [9.17, 15) is 4.79 Å². The molecule has 2 rings (SSSR count). The number of amides is 1. The highest BCUT2D eigenvalue weighted by atomic mass is 16.1. The number of anilines is 1.